The number of piperazine rings is 1. The van der Waals surface area contributed by atoms with Gasteiger partial charge in [0.15, 0.2) is 69.4 Å². The maximum atomic E-state index is 13.2. The molecule has 0 radical (unpaired) electrons. The summed E-state index contributed by atoms with van der Waals surface area (Å²) < 4.78 is 29.3. The SMILES string of the molecule is CCC(=O)COc1cc2cc(Nc3nc(N4CC5(CC(C)C5)C4)ncc3Cl)ccc2n(C(C)C)c1=O.CCC(=O)COc1cc2cc(Nc3nc(N4CC5(CCN(C)C5)C4)ncc3Cl)ccc2n(C(C)C)c1=O.CCC(=O)COc1cc2cc(Nc3nc(N4CCC5(CC4)CC(C)C5)ncc3Cl)ccc2n(C(C)C)c1=O.CCC(=O)COc1cc2cc(Nc3nc(N4CCN(CC)CC4)ncc3Cl)ccc2n(CCN(C)C)c1=O. The molecule has 13 heterocycles. The lowest BCUT2D eigenvalue weighted by atomic mass is 9.58. The number of ketones is 4. The van der Waals surface area contributed by atoms with Crippen LogP contribution in [0.4, 0.5) is 69.8 Å². The fourth-order valence-corrected chi connectivity index (χ4v) is 21.8. The van der Waals surface area contributed by atoms with Gasteiger partial charge < -0.3 is 92.8 Å². The summed E-state index contributed by atoms with van der Waals surface area (Å²) in [5.41, 5.74) is 6.50. The highest BCUT2D eigenvalue weighted by Crippen LogP contribution is 2.54. The van der Waals surface area contributed by atoms with Gasteiger partial charge in [0.05, 0.1) is 46.9 Å². The number of anilines is 12. The lowest BCUT2D eigenvalue weighted by Gasteiger charge is -2.58. The fraction of sp³-hybridized carbons (Fsp3) is 0.491. The molecule has 149 heavy (non-hydrogen) atoms. The third kappa shape index (κ3) is 25.5. The summed E-state index contributed by atoms with van der Waals surface area (Å²) in [6, 6.07) is 29.4. The van der Waals surface area contributed by atoms with E-state index in [4.69, 9.17) is 85.3 Å². The summed E-state index contributed by atoms with van der Waals surface area (Å²) in [6.07, 6.45) is 16.8. The van der Waals surface area contributed by atoms with Crippen molar-refractivity contribution in [2.75, 3.05) is 180 Å². The minimum absolute atomic E-state index is 0.0589. The number of halogens is 4. The number of piperidine rings is 1. The number of benzene rings is 4. The van der Waals surface area contributed by atoms with Gasteiger partial charge in [0.2, 0.25) is 23.8 Å². The molecule has 7 aliphatic rings. The molecule has 0 unspecified atom stereocenters. The molecular weight excluding hydrogens is 1980 g/mol. The van der Waals surface area contributed by atoms with Crippen LogP contribution in [-0.4, -0.2) is 235 Å². The summed E-state index contributed by atoms with van der Waals surface area (Å²) in [7, 11) is 6.08. The highest BCUT2D eigenvalue weighted by Gasteiger charge is 2.52. The van der Waals surface area contributed by atoms with E-state index in [0.29, 0.717) is 122 Å². The number of likely N-dealkylation sites (tertiary alicyclic amines) is 1. The molecule has 5 saturated heterocycles. The number of rotatable bonds is 35. The molecule has 2 saturated carbocycles. The molecule has 3 spiro atoms. The van der Waals surface area contributed by atoms with Crippen molar-refractivity contribution in [2.45, 2.75) is 185 Å². The average molecular weight is 2120 g/mol. The van der Waals surface area contributed by atoms with Gasteiger partial charge in [-0.3, -0.25) is 38.4 Å². The highest BCUT2D eigenvalue weighted by atomic mass is 35.5. The lowest BCUT2D eigenvalue weighted by molar-refractivity contribution is -0.121. The number of hydrogen-bond acceptors (Lipinski definition) is 31. The van der Waals surface area contributed by atoms with Crippen molar-refractivity contribution >= 4 is 183 Å². The van der Waals surface area contributed by atoms with Crippen LogP contribution in [-0.2, 0) is 25.7 Å². The minimum atomic E-state index is -0.254. The van der Waals surface area contributed by atoms with E-state index >= 15 is 0 Å². The number of hydrogen-bond donors (Lipinski definition) is 4. The van der Waals surface area contributed by atoms with Crippen molar-refractivity contribution in [1.29, 1.82) is 0 Å². The number of fused-ring (bicyclic) bond motifs is 4. The summed E-state index contributed by atoms with van der Waals surface area (Å²) in [4.78, 5) is 152. The summed E-state index contributed by atoms with van der Waals surface area (Å²) in [5, 5.41) is 18.2. The van der Waals surface area contributed by atoms with E-state index in [9.17, 15) is 38.4 Å². The standard InChI is InChI=1S/C29H36ClN5O3.C27H36ClN7O3.C27H33ClN6O3.C27H32ClN5O3/c1-5-22(36)17-38-25-13-20-12-21(6-7-24(20)35(18(2)3)27(25)37)32-26-23(30)16-31-28(33-26)34-10-8-29(9-11-34)14-19(4)15-29;1-5-21(36)18-38-24-16-19-15-20(7-8-23(19)35(26(24)37)14-9-32(3)4)30-25-22(28)17-29-27(31-25)34-12-10-33(6-2)11-13-34;1-5-20(35)13-37-23-11-18-10-19(6-7-22(18)34(17(2)3)25(23)36)30-24-21(28)12-29-26(31-24)33-15-27(16-33)8-9-32(4)14-27;1-5-20(34)13-36-23-9-18-8-19(6-7-22(18)33(16(2)3)25(23)35)30-24-21(28)12-29-26(31-24)32-14-27(15-32)10-17(4)11-27/h6-7,12-13,16,18-19H,5,8-11,14-15,17H2,1-4H3,(H,31,32,33);7-8,15-17H,5-6,9-14,18H2,1-4H3,(H,29,30,31);6-7,10-12,17H,5,8-9,13-16H2,1-4H3,(H,29,30,31);6-9,12,16-17H,5,10-11,13-15H2,1-4H3,(H,29,30,31). The van der Waals surface area contributed by atoms with Crippen LogP contribution in [0.3, 0.4) is 0 Å². The van der Waals surface area contributed by atoms with Crippen LogP contribution in [0, 0.1) is 28.1 Å². The van der Waals surface area contributed by atoms with Gasteiger partial charge in [0, 0.05) is 184 Å². The molecular formula is C110H137Cl4N23O12. The highest BCUT2D eigenvalue weighted by molar-refractivity contribution is 6.34. The maximum absolute atomic E-state index is 13.2. The number of nitrogens with one attached hydrogen (secondary N) is 4. The number of Topliss-reactive ketones (excluding diaryl/α,β-unsaturated/α-hetero) is 4. The van der Waals surface area contributed by atoms with Crippen molar-refractivity contribution in [3.8, 4) is 23.0 Å². The molecule has 0 atom stereocenters. The largest absolute Gasteiger partial charge is 0.480 e. The van der Waals surface area contributed by atoms with Gasteiger partial charge in [-0.25, -0.2) is 19.9 Å². The van der Waals surface area contributed by atoms with Crippen LogP contribution in [0.25, 0.3) is 43.6 Å². The van der Waals surface area contributed by atoms with E-state index in [2.05, 4.69) is 98.4 Å². The van der Waals surface area contributed by atoms with Gasteiger partial charge in [0.25, 0.3) is 22.2 Å². The third-order valence-electron chi connectivity index (χ3n) is 29.1. The molecule has 4 N–H and O–H groups in total. The molecule has 39 heteroatoms. The molecule has 5 aliphatic heterocycles. The summed E-state index contributed by atoms with van der Waals surface area (Å²) in [6.45, 7) is 39.0. The zero-order valence-corrected chi connectivity index (χ0v) is 91.1. The molecule has 4 aromatic carbocycles. The summed E-state index contributed by atoms with van der Waals surface area (Å²) in [5.74, 6) is 6.84. The van der Waals surface area contributed by atoms with Crippen molar-refractivity contribution in [2.24, 2.45) is 28.1 Å². The van der Waals surface area contributed by atoms with E-state index in [-0.39, 0.29) is 113 Å². The van der Waals surface area contributed by atoms with Crippen LogP contribution in [0.5, 0.6) is 23.0 Å². The Hall–Kier alpha value is -12.6. The maximum Gasteiger partial charge on any atom is 0.293 e. The van der Waals surface area contributed by atoms with Gasteiger partial charge in [0.1, 0.15) is 46.5 Å². The number of carbonyl (C=O) groups excluding carboxylic acids is 4. The molecule has 12 aromatic rings. The predicted octanol–water partition coefficient (Wildman–Crippen LogP) is 19.0. The first kappa shape index (κ1) is 109. The van der Waals surface area contributed by atoms with Crippen molar-refractivity contribution in [3.05, 3.63) is 183 Å². The van der Waals surface area contributed by atoms with E-state index in [1.54, 1.807) is 95.0 Å². The fourth-order valence-electron chi connectivity index (χ4n) is 21.3. The van der Waals surface area contributed by atoms with E-state index in [0.717, 1.165) is 163 Å². The van der Waals surface area contributed by atoms with Crippen molar-refractivity contribution < 1.29 is 38.1 Å². The first-order chi connectivity index (χ1) is 71.3. The number of ether oxygens (including phenoxy) is 4. The number of aromatic nitrogens is 12. The molecule has 19 rings (SSSR count). The van der Waals surface area contributed by atoms with E-state index in [1.807, 2.05) is 133 Å². The zero-order chi connectivity index (χ0) is 106. The second kappa shape index (κ2) is 47.3. The Morgan fingerprint density at radius 2 is 0.691 bits per heavy atom. The quantitative estimate of drug-likeness (QED) is 0.0287. The lowest BCUT2D eigenvalue weighted by Crippen LogP contribution is -2.62. The number of pyridine rings is 4. The van der Waals surface area contributed by atoms with Crippen LogP contribution in [0.1, 0.15) is 179 Å². The second-order valence-electron chi connectivity index (χ2n) is 42.0. The predicted molar refractivity (Wildman–Crippen MR) is 593 cm³/mol. The smallest absolute Gasteiger partial charge is 0.293 e. The van der Waals surface area contributed by atoms with Gasteiger partial charge in [-0.05, 0) is 235 Å². The van der Waals surface area contributed by atoms with E-state index in [1.165, 1.54) is 44.9 Å². The van der Waals surface area contributed by atoms with Crippen LogP contribution in [0.15, 0.2) is 141 Å². The van der Waals surface area contributed by atoms with Gasteiger partial charge >= 0.3 is 0 Å². The average Bonchev–Trinajstić information content (AvgIpc) is 1.43. The van der Waals surface area contributed by atoms with E-state index < -0.39 is 0 Å². The topological polar surface area (TPSA) is 367 Å². The Bertz CT molecular complexity index is 7200. The molecule has 2 aliphatic carbocycles. The van der Waals surface area contributed by atoms with Crippen molar-refractivity contribution in [1.82, 2.24) is 72.8 Å². The van der Waals surface area contributed by atoms with Crippen molar-refractivity contribution in [3.63, 3.8) is 0 Å². The van der Waals surface area contributed by atoms with Crippen LogP contribution < -0.4 is 82.1 Å². The Labute approximate surface area is 888 Å². The first-order valence-electron chi connectivity index (χ1n) is 51.9. The van der Waals surface area contributed by atoms with Crippen LogP contribution >= 0.6 is 46.4 Å². The normalized spacial score (nSPS) is 16.3. The molecule has 792 valence electrons. The Morgan fingerprint density at radius 1 is 0.389 bits per heavy atom. The zero-order valence-electron chi connectivity index (χ0n) is 88.1. The monoisotopic (exact) mass is 2110 g/mol. The van der Waals surface area contributed by atoms with Gasteiger partial charge in [-0.15, -0.1) is 0 Å². The summed E-state index contributed by atoms with van der Waals surface area (Å²) >= 11 is 25.8. The third-order valence-corrected chi connectivity index (χ3v) is 30.2. The molecule has 8 aromatic heterocycles. The number of likely N-dealkylation sites (N-methyl/N-ethyl adjacent to an activating group) is 2. The Kier molecular flexibility index (Phi) is 34.6. The minimum Gasteiger partial charge on any atom is -0.480 e. The molecule has 7 fully saturated rings. The Morgan fingerprint density at radius 3 is 1.00 bits per heavy atom. The molecule has 35 nitrogen and oxygen atoms in total. The van der Waals surface area contributed by atoms with Crippen LogP contribution in [0.2, 0.25) is 20.1 Å². The van der Waals surface area contributed by atoms with Gasteiger partial charge in [-0.1, -0.05) is 94.9 Å². The number of carbonyl (C=O) groups is 4. The Balaban J connectivity index is 0.000000142. The molecule has 0 amide bonds. The van der Waals surface area contributed by atoms with Gasteiger partial charge in [-0.2, -0.15) is 19.9 Å². The second-order valence-corrected chi connectivity index (χ2v) is 43.6. The molecule has 0 bridgehead atoms. The first-order valence-corrected chi connectivity index (χ1v) is 53.4. The number of nitrogens with zero attached hydrogens (tertiary/aromatic N) is 19.